The number of rotatable bonds is 4. The molecule has 0 unspecified atom stereocenters. The Morgan fingerprint density at radius 1 is 1.23 bits per heavy atom. The van der Waals surface area contributed by atoms with E-state index in [1.807, 2.05) is 20.8 Å². The summed E-state index contributed by atoms with van der Waals surface area (Å²) in [5, 5.41) is 9.04. The number of halogens is 3. The minimum Gasteiger partial charge on any atom is -0.475 e. The van der Waals surface area contributed by atoms with Gasteiger partial charge in [0, 0.05) is 0 Å². The Hall–Kier alpha value is -1.89. The monoisotopic (exact) mass is 314 g/mol. The number of hydrogen-bond donors (Lipinski definition) is 1. The van der Waals surface area contributed by atoms with Crippen molar-refractivity contribution in [1.82, 2.24) is 9.97 Å². The number of hydrogen-bond acceptors (Lipinski definition) is 4. The number of aliphatic hydroxyl groups is 1. The highest BCUT2D eigenvalue weighted by Gasteiger charge is 2.22. The van der Waals surface area contributed by atoms with Gasteiger partial charge in [0.05, 0.1) is 12.0 Å². The molecule has 0 aliphatic rings. The quantitative estimate of drug-likeness (QED) is 0.940. The molecule has 22 heavy (non-hydrogen) atoms. The lowest BCUT2D eigenvalue weighted by atomic mass is 9.86. The molecule has 1 N–H and O–H groups in total. The second-order valence-electron chi connectivity index (χ2n) is 5.86. The minimum absolute atomic E-state index is 0.129. The molecular weight excluding hydrogens is 297 g/mol. The van der Waals surface area contributed by atoms with Crippen LogP contribution in [0.3, 0.4) is 0 Å². The smallest absolute Gasteiger partial charge is 0.297 e. The zero-order valence-electron chi connectivity index (χ0n) is 12.5. The third kappa shape index (κ3) is 3.30. The van der Waals surface area contributed by atoms with Gasteiger partial charge in [0.25, 0.3) is 6.43 Å². The maximum absolute atomic E-state index is 14.3. The highest BCUT2D eigenvalue weighted by molar-refractivity contribution is 5.85. The van der Waals surface area contributed by atoms with E-state index in [9.17, 15) is 13.2 Å². The number of ether oxygens (including phenoxy) is 1. The Labute approximate surface area is 126 Å². The summed E-state index contributed by atoms with van der Waals surface area (Å²) in [5.41, 5.74) is 0.107. The summed E-state index contributed by atoms with van der Waals surface area (Å²) in [7, 11) is 0. The van der Waals surface area contributed by atoms with E-state index in [1.165, 1.54) is 6.07 Å². The predicted molar refractivity (Wildman–Crippen MR) is 75.7 cm³/mol. The summed E-state index contributed by atoms with van der Waals surface area (Å²) in [4.78, 5) is 7.23. The van der Waals surface area contributed by atoms with Crippen molar-refractivity contribution in [2.75, 3.05) is 13.2 Å². The molecule has 7 heteroatoms. The molecule has 2 rings (SSSR count). The molecule has 0 bridgehead atoms. The van der Waals surface area contributed by atoms with Gasteiger partial charge in [0.15, 0.2) is 5.82 Å². The molecule has 0 aliphatic carbocycles. The Bertz CT molecular complexity index is 685. The van der Waals surface area contributed by atoms with Gasteiger partial charge < -0.3 is 9.84 Å². The van der Waals surface area contributed by atoms with Gasteiger partial charge in [-0.2, -0.15) is 4.98 Å². The molecule has 120 valence electrons. The first kappa shape index (κ1) is 16.5. The predicted octanol–water partition coefficient (Wildman–Crippen LogP) is 3.38. The first-order valence-electron chi connectivity index (χ1n) is 6.77. The van der Waals surface area contributed by atoms with Gasteiger partial charge in [-0.1, -0.05) is 20.8 Å². The first-order chi connectivity index (χ1) is 10.2. The van der Waals surface area contributed by atoms with Crippen LogP contribution in [0.4, 0.5) is 13.2 Å². The molecule has 1 aromatic carbocycles. The molecule has 0 aliphatic heterocycles. The molecule has 0 atom stereocenters. The molecule has 1 heterocycles. The average Bonchev–Trinajstić information content (AvgIpc) is 2.43. The fourth-order valence-corrected chi connectivity index (χ4v) is 1.96. The molecule has 2 aromatic rings. The second kappa shape index (κ2) is 6.08. The van der Waals surface area contributed by atoms with Crippen molar-refractivity contribution < 1.29 is 23.0 Å². The van der Waals surface area contributed by atoms with Crippen molar-refractivity contribution in [2.45, 2.75) is 32.6 Å². The Morgan fingerprint density at radius 2 is 1.91 bits per heavy atom. The van der Waals surface area contributed by atoms with Gasteiger partial charge in [0.2, 0.25) is 5.88 Å². The molecule has 0 fully saturated rings. The van der Waals surface area contributed by atoms with E-state index in [1.54, 1.807) is 6.07 Å². The van der Waals surface area contributed by atoms with Gasteiger partial charge >= 0.3 is 0 Å². The number of alkyl halides is 2. The zero-order chi connectivity index (χ0) is 16.5. The van der Waals surface area contributed by atoms with Crippen molar-refractivity contribution in [3.63, 3.8) is 0 Å². The molecule has 4 nitrogen and oxygen atoms in total. The Balaban J connectivity index is 2.72. The molecule has 0 spiro atoms. The molecule has 0 amide bonds. The molecular formula is C15H17F3N2O2. The van der Waals surface area contributed by atoms with Crippen molar-refractivity contribution in [3.05, 3.63) is 29.3 Å². The lowest BCUT2D eigenvalue weighted by molar-refractivity contribution is 0.138. The Kier molecular flexibility index (Phi) is 4.55. The highest BCUT2D eigenvalue weighted by atomic mass is 19.3. The van der Waals surface area contributed by atoms with Crippen molar-refractivity contribution in [3.8, 4) is 5.88 Å². The van der Waals surface area contributed by atoms with Crippen LogP contribution in [0.15, 0.2) is 12.1 Å². The van der Waals surface area contributed by atoms with Crippen LogP contribution in [-0.4, -0.2) is 28.3 Å². The topological polar surface area (TPSA) is 55.2 Å². The van der Waals surface area contributed by atoms with Crippen molar-refractivity contribution >= 4 is 10.9 Å². The van der Waals surface area contributed by atoms with E-state index in [-0.39, 0.29) is 35.4 Å². The second-order valence-corrected chi connectivity index (χ2v) is 5.86. The number of benzene rings is 1. The van der Waals surface area contributed by atoms with E-state index < -0.39 is 18.1 Å². The number of aliphatic hydroxyl groups excluding tert-OH is 1. The first-order valence-corrected chi connectivity index (χ1v) is 6.77. The van der Waals surface area contributed by atoms with E-state index in [4.69, 9.17) is 9.84 Å². The van der Waals surface area contributed by atoms with E-state index >= 15 is 0 Å². The molecule has 1 aromatic heterocycles. The molecule has 0 saturated carbocycles. The number of nitrogens with zero attached hydrogens (tertiary/aromatic N) is 2. The summed E-state index contributed by atoms with van der Waals surface area (Å²) < 4.78 is 45.2. The standard InChI is InChI=1S/C15H17F3N2O2/c1-15(2,3)8-6-9-11(10(16)7-8)19-13(12(17)18)20-14(9)22-5-4-21/h6-7,12,21H,4-5H2,1-3H3. The lowest BCUT2D eigenvalue weighted by Gasteiger charge is -2.20. The van der Waals surface area contributed by atoms with Crippen LogP contribution in [0, 0.1) is 5.82 Å². The zero-order valence-corrected chi connectivity index (χ0v) is 12.5. The lowest BCUT2D eigenvalue weighted by Crippen LogP contribution is -2.13. The third-order valence-corrected chi connectivity index (χ3v) is 3.13. The van der Waals surface area contributed by atoms with E-state index in [0.29, 0.717) is 5.56 Å². The van der Waals surface area contributed by atoms with Crippen LogP contribution >= 0.6 is 0 Å². The normalized spacial score (nSPS) is 12.2. The Morgan fingerprint density at radius 3 is 2.45 bits per heavy atom. The average molecular weight is 314 g/mol. The van der Waals surface area contributed by atoms with Gasteiger partial charge in [-0.25, -0.2) is 18.2 Å². The van der Waals surface area contributed by atoms with Crippen LogP contribution < -0.4 is 4.74 Å². The maximum atomic E-state index is 14.3. The van der Waals surface area contributed by atoms with Crippen LogP contribution in [0.5, 0.6) is 5.88 Å². The fourth-order valence-electron chi connectivity index (χ4n) is 1.96. The summed E-state index contributed by atoms with van der Waals surface area (Å²) in [6, 6.07) is 2.90. The van der Waals surface area contributed by atoms with Crippen LogP contribution in [0.2, 0.25) is 0 Å². The van der Waals surface area contributed by atoms with Crippen LogP contribution in [-0.2, 0) is 5.41 Å². The van der Waals surface area contributed by atoms with Gasteiger partial charge in [-0.15, -0.1) is 0 Å². The van der Waals surface area contributed by atoms with Gasteiger partial charge in [-0.3, -0.25) is 0 Å². The summed E-state index contributed by atoms with van der Waals surface area (Å²) in [5.74, 6) is -1.66. The number of aromatic nitrogens is 2. The van der Waals surface area contributed by atoms with E-state index in [2.05, 4.69) is 9.97 Å². The maximum Gasteiger partial charge on any atom is 0.297 e. The van der Waals surface area contributed by atoms with Crippen LogP contribution in [0.25, 0.3) is 10.9 Å². The number of fused-ring (bicyclic) bond motifs is 1. The summed E-state index contributed by atoms with van der Waals surface area (Å²) in [6.07, 6.45) is -2.94. The van der Waals surface area contributed by atoms with Gasteiger partial charge in [-0.05, 0) is 23.1 Å². The van der Waals surface area contributed by atoms with E-state index in [0.717, 1.165) is 0 Å². The largest absolute Gasteiger partial charge is 0.475 e. The summed E-state index contributed by atoms with van der Waals surface area (Å²) >= 11 is 0. The molecule has 0 radical (unpaired) electrons. The summed E-state index contributed by atoms with van der Waals surface area (Å²) in [6.45, 7) is 5.26. The van der Waals surface area contributed by atoms with Crippen molar-refractivity contribution in [2.24, 2.45) is 0 Å². The van der Waals surface area contributed by atoms with Gasteiger partial charge in [0.1, 0.15) is 17.9 Å². The van der Waals surface area contributed by atoms with Crippen molar-refractivity contribution in [1.29, 1.82) is 0 Å². The van der Waals surface area contributed by atoms with Crippen LogP contribution in [0.1, 0.15) is 38.6 Å². The highest BCUT2D eigenvalue weighted by Crippen LogP contribution is 2.32. The molecule has 0 saturated heterocycles. The fraction of sp³-hybridized carbons (Fsp3) is 0.467. The third-order valence-electron chi connectivity index (χ3n) is 3.13. The minimum atomic E-state index is -2.94. The SMILES string of the molecule is CC(C)(C)c1cc(F)c2nc(C(F)F)nc(OCCO)c2c1.